The van der Waals surface area contributed by atoms with Gasteiger partial charge >= 0.3 is 0 Å². The first kappa shape index (κ1) is 20.8. The van der Waals surface area contributed by atoms with Gasteiger partial charge in [-0.2, -0.15) is 0 Å². The molecule has 1 amide bonds. The third-order valence-corrected chi connectivity index (χ3v) is 5.61. The number of amides is 1. The number of carbonyl (C=O) groups is 1. The van der Waals surface area contributed by atoms with Crippen LogP contribution in [0.15, 0.2) is 71.8 Å². The number of aromatic nitrogens is 1. The Morgan fingerprint density at radius 1 is 1.18 bits per heavy atom. The Labute approximate surface area is 182 Å². The van der Waals surface area contributed by atoms with E-state index in [9.17, 15) is 9.90 Å². The summed E-state index contributed by atoms with van der Waals surface area (Å²) in [5.74, 6) is -0.165. The van der Waals surface area contributed by atoms with E-state index >= 15 is 0 Å². The van der Waals surface area contributed by atoms with Crippen LogP contribution in [0, 0.1) is 3.57 Å². The number of hydrogen-bond acceptors (Lipinski definition) is 5. The van der Waals surface area contributed by atoms with Crippen LogP contribution in [0.5, 0.6) is 0 Å². The molecule has 1 heterocycles. The number of pyridine rings is 1. The number of rotatable bonds is 7. The number of aliphatic hydroxyl groups excluding tert-OH is 1. The topological polar surface area (TPSA) is 74.2 Å². The van der Waals surface area contributed by atoms with Crippen LogP contribution in [-0.4, -0.2) is 28.6 Å². The Balaban J connectivity index is 1.68. The molecule has 144 valence electrons. The fraction of sp³-hybridized carbons (Fsp3) is 0.143. The van der Waals surface area contributed by atoms with E-state index < -0.39 is 6.10 Å². The third-order valence-electron chi connectivity index (χ3n) is 3.85. The van der Waals surface area contributed by atoms with E-state index in [4.69, 9.17) is 0 Å². The Morgan fingerprint density at radius 2 is 1.96 bits per heavy atom. The molecule has 2 aromatic carbocycles. The van der Waals surface area contributed by atoms with Crippen molar-refractivity contribution in [1.82, 2.24) is 9.71 Å². The van der Waals surface area contributed by atoms with Gasteiger partial charge in [0.15, 0.2) is 0 Å². The van der Waals surface area contributed by atoms with Crippen molar-refractivity contribution in [3.8, 4) is 11.3 Å². The van der Waals surface area contributed by atoms with Crippen LogP contribution in [0.1, 0.15) is 17.3 Å². The maximum Gasteiger partial charge on any atom is 0.255 e. The SMILES string of the molecule is C[C@@H](O)CNSc1ccc(C(=O)Nc2ccc(I)c(-c3ccccn3)c2)cc1. The zero-order valence-electron chi connectivity index (χ0n) is 15.2. The number of benzene rings is 2. The second-order valence-corrected chi connectivity index (χ2v) is 8.31. The van der Waals surface area contributed by atoms with Gasteiger partial charge in [-0.3, -0.25) is 14.5 Å². The normalized spacial score (nSPS) is 11.8. The van der Waals surface area contributed by atoms with Crippen LogP contribution >= 0.6 is 34.5 Å². The molecule has 0 bridgehead atoms. The number of nitrogens with zero attached hydrogens (tertiary/aromatic N) is 1. The van der Waals surface area contributed by atoms with Crippen molar-refractivity contribution in [2.75, 3.05) is 11.9 Å². The highest BCUT2D eigenvalue weighted by molar-refractivity contribution is 14.1. The first-order chi connectivity index (χ1) is 13.5. The molecule has 0 fully saturated rings. The fourth-order valence-corrected chi connectivity index (χ4v) is 3.82. The van der Waals surface area contributed by atoms with E-state index in [-0.39, 0.29) is 5.91 Å². The molecule has 0 spiro atoms. The molecule has 1 atom stereocenters. The molecule has 0 aliphatic heterocycles. The first-order valence-electron chi connectivity index (χ1n) is 8.73. The predicted octanol–water partition coefficient (Wildman–Crippen LogP) is 4.58. The Morgan fingerprint density at radius 3 is 2.64 bits per heavy atom. The second-order valence-electron chi connectivity index (χ2n) is 6.19. The lowest BCUT2D eigenvalue weighted by molar-refractivity contribution is 0.102. The molecule has 0 saturated carbocycles. The average Bonchev–Trinajstić information content (AvgIpc) is 2.70. The smallest absolute Gasteiger partial charge is 0.255 e. The molecule has 0 saturated heterocycles. The van der Waals surface area contributed by atoms with Crippen molar-refractivity contribution >= 4 is 46.1 Å². The largest absolute Gasteiger partial charge is 0.392 e. The number of aliphatic hydroxyl groups is 1. The third kappa shape index (κ3) is 5.78. The van der Waals surface area contributed by atoms with Crippen molar-refractivity contribution in [3.63, 3.8) is 0 Å². The summed E-state index contributed by atoms with van der Waals surface area (Å²) >= 11 is 3.69. The lowest BCUT2D eigenvalue weighted by Gasteiger charge is -2.10. The van der Waals surface area contributed by atoms with Crippen LogP contribution < -0.4 is 10.0 Å². The van der Waals surface area contributed by atoms with Gasteiger partial charge in [-0.1, -0.05) is 6.07 Å². The Bertz CT molecular complexity index is 934. The van der Waals surface area contributed by atoms with E-state index in [0.717, 1.165) is 25.4 Å². The number of carbonyl (C=O) groups excluding carboxylic acids is 1. The lowest BCUT2D eigenvalue weighted by Crippen LogP contribution is -2.18. The van der Waals surface area contributed by atoms with Gasteiger partial charge < -0.3 is 10.4 Å². The molecule has 7 heteroatoms. The zero-order chi connectivity index (χ0) is 19.9. The van der Waals surface area contributed by atoms with Gasteiger partial charge in [-0.25, -0.2) is 0 Å². The van der Waals surface area contributed by atoms with Crippen molar-refractivity contribution < 1.29 is 9.90 Å². The van der Waals surface area contributed by atoms with Crippen LogP contribution in [-0.2, 0) is 0 Å². The van der Waals surface area contributed by atoms with Crippen molar-refractivity contribution in [2.45, 2.75) is 17.9 Å². The molecule has 3 aromatic rings. The van der Waals surface area contributed by atoms with Gasteiger partial charge in [0.05, 0.1) is 11.8 Å². The number of halogens is 1. The van der Waals surface area contributed by atoms with Gasteiger partial charge in [-0.05, 0) is 96.1 Å². The van der Waals surface area contributed by atoms with Crippen molar-refractivity contribution in [1.29, 1.82) is 0 Å². The maximum atomic E-state index is 12.6. The van der Waals surface area contributed by atoms with Crippen LogP contribution in [0.2, 0.25) is 0 Å². The number of nitrogens with one attached hydrogen (secondary N) is 2. The summed E-state index contributed by atoms with van der Waals surface area (Å²) in [6, 6.07) is 18.9. The minimum absolute atomic E-state index is 0.165. The summed E-state index contributed by atoms with van der Waals surface area (Å²) in [7, 11) is 0. The highest BCUT2D eigenvalue weighted by Gasteiger charge is 2.10. The molecule has 0 unspecified atom stereocenters. The van der Waals surface area contributed by atoms with Crippen molar-refractivity contribution in [2.24, 2.45) is 0 Å². The summed E-state index contributed by atoms with van der Waals surface area (Å²) in [4.78, 5) is 17.9. The predicted molar refractivity (Wildman–Crippen MR) is 122 cm³/mol. The second kappa shape index (κ2) is 10.0. The minimum Gasteiger partial charge on any atom is -0.392 e. The minimum atomic E-state index is -0.400. The van der Waals surface area contributed by atoms with Crippen LogP contribution in [0.25, 0.3) is 11.3 Å². The van der Waals surface area contributed by atoms with Gasteiger partial charge in [-0.15, -0.1) is 0 Å². The first-order valence-corrected chi connectivity index (χ1v) is 10.6. The maximum absolute atomic E-state index is 12.6. The van der Waals surface area contributed by atoms with Crippen LogP contribution in [0.4, 0.5) is 5.69 Å². The van der Waals surface area contributed by atoms with Gasteiger partial charge in [0, 0.05) is 38.0 Å². The Hall–Kier alpha value is -1.94. The zero-order valence-corrected chi connectivity index (χ0v) is 18.2. The molecule has 28 heavy (non-hydrogen) atoms. The average molecular weight is 505 g/mol. The lowest BCUT2D eigenvalue weighted by atomic mass is 10.1. The Kier molecular flexibility index (Phi) is 7.43. The van der Waals surface area contributed by atoms with E-state index in [2.05, 4.69) is 37.6 Å². The molecule has 3 rings (SSSR count). The van der Waals surface area contributed by atoms with Crippen molar-refractivity contribution in [3.05, 3.63) is 76.0 Å². The van der Waals surface area contributed by atoms with Gasteiger partial charge in [0.1, 0.15) is 0 Å². The number of anilines is 1. The standard InChI is InChI=1S/C21H20IN3O2S/c1-14(26)13-24-28-17-8-5-15(6-9-17)21(27)25-16-7-10-19(22)18(12-16)20-4-2-3-11-23-20/h2-12,14,24,26H,13H2,1H3,(H,25,27)/t14-/m1/s1. The molecule has 0 aliphatic carbocycles. The molecular weight excluding hydrogens is 485 g/mol. The molecule has 0 radical (unpaired) electrons. The highest BCUT2D eigenvalue weighted by atomic mass is 127. The van der Waals surface area contributed by atoms with Gasteiger partial charge in [0.25, 0.3) is 5.91 Å². The molecule has 0 aliphatic rings. The van der Waals surface area contributed by atoms with Crippen LogP contribution in [0.3, 0.4) is 0 Å². The summed E-state index contributed by atoms with van der Waals surface area (Å²) < 4.78 is 4.15. The van der Waals surface area contributed by atoms with E-state index in [1.54, 1.807) is 25.3 Å². The molecule has 1 aromatic heterocycles. The summed E-state index contributed by atoms with van der Waals surface area (Å²) in [5.41, 5.74) is 3.16. The fourth-order valence-electron chi connectivity index (χ4n) is 2.44. The number of hydrogen-bond donors (Lipinski definition) is 3. The summed E-state index contributed by atoms with van der Waals surface area (Å²) in [6.45, 7) is 2.23. The molecule has 5 nitrogen and oxygen atoms in total. The quantitative estimate of drug-likeness (QED) is 0.324. The van der Waals surface area contributed by atoms with E-state index in [1.165, 1.54) is 11.9 Å². The highest BCUT2D eigenvalue weighted by Crippen LogP contribution is 2.27. The van der Waals surface area contributed by atoms with E-state index in [0.29, 0.717) is 12.1 Å². The summed E-state index contributed by atoms with van der Waals surface area (Å²) in [5, 5.41) is 12.2. The summed E-state index contributed by atoms with van der Waals surface area (Å²) in [6.07, 6.45) is 1.36. The monoisotopic (exact) mass is 505 g/mol. The molecular formula is C21H20IN3O2S. The van der Waals surface area contributed by atoms with Gasteiger partial charge in [0.2, 0.25) is 0 Å². The van der Waals surface area contributed by atoms with E-state index in [1.807, 2.05) is 48.5 Å². The molecule has 3 N–H and O–H groups in total.